The third kappa shape index (κ3) is 2.35. The van der Waals surface area contributed by atoms with Crippen molar-refractivity contribution in [3.05, 3.63) is 29.8 Å². The highest BCUT2D eigenvalue weighted by Gasteiger charge is 2.30. The van der Waals surface area contributed by atoms with Crippen molar-refractivity contribution < 1.29 is 9.53 Å². The number of hydrogen-bond donors (Lipinski definition) is 1. The highest BCUT2D eigenvalue weighted by molar-refractivity contribution is 5.81. The van der Waals surface area contributed by atoms with Crippen molar-refractivity contribution >= 4 is 5.91 Å². The first kappa shape index (κ1) is 11.0. The summed E-state index contributed by atoms with van der Waals surface area (Å²) in [4.78, 5) is 11.6. The molecule has 1 aromatic rings. The minimum absolute atomic E-state index is 0.00394. The van der Waals surface area contributed by atoms with Gasteiger partial charge >= 0.3 is 0 Å². The molecule has 1 amide bonds. The van der Waals surface area contributed by atoms with Crippen molar-refractivity contribution in [1.29, 1.82) is 0 Å². The Bertz CT molecular complexity index is 385. The Hall–Kier alpha value is -1.51. The van der Waals surface area contributed by atoms with E-state index in [0.29, 0.717) is 0 Å². The number of rotatable bonds is 4. The fourth-order valence-corrected chi connectivity index (χ4v) is 1.78. The van der Waals surface area contributed by atoms with Crippen LogP contribution in [-0.4, -0.2) is 13.0 Å². The van der Waals surface area contributed by atoms with Gasteiger partial charge in [0.1, 0.15) is 5.75 Å². The fourth-order valence-electron chi connectivity index (χ4n) is 1.78. The molecule has 16 heavy (non-hydrogen) atoms. The molecule has 1 aliphatic carbocycles. The predicted octanol–water partition coefficient (Wildman–Crippen LogP) is 2.28. The summed E-state index contributed by atoms with van der Waals surface area (Å²) < 4.78 is 5.27. The number of amides is 1. The Morgan fingerprint density at radius 1 is 1.44 bits per heavy atom. The number of para-hydroxylation sites is 1. The number of nitrogens with one attached hydrogen (secondary N) is 1. The minimum atomic E-state index is 0.00394. The number of ether oxygens (including phenoxy) is 1. The molecule has 0 radical (unpaired) electrons. The first-order chi connectivity index (χ1) is 7.72. The van der Waals surface area contributed by atoms with E-state index < -0.39 is 0 Å². The van der Waals surface area contributed by atoms with Crippen molar-refractivity contribution in [3.63, 3.8) is 0 Å². The third-order valence-corrected chi connectivity index (χ3v) is 2.91. The third-order valence-electron chi connectivity index (χ3n) is 2.91. The van der Waals surface area contributed by atoms with Gasteiger partial charge in [0, 0.05) is 11.5 Å². The lowest BCUT2D eigenvalue weighted by Gasteiger charge is -2.17. The van der Waals surface area contributed by atoms with Gasteiger partial charge in [-0.05, 0) is 25.8 Å². The quantitative estimate of drug-likeness (QED) is 0.843. The topological polar surface area (TPSA) is 38.3 Å². The fraction of sp³-hybridized carbons (Fsp3) is 0.462. The largest absolute Gasteiger partial charge is 0.496 e. The molecule has 1 saturated carbocycles. The zero-order valence-electron chi connectivity index (χ0n) is 9.69. The predicted molar refractivity (Wildman–Crippen MR) is 62.3 cm³/mol. The number of carbonyl (C=O) groups excluding carboxylic acids is 1. The SMILES string of the molecule is COc1ccccc1[C@@H](C)NC(=O)C1CC1. The molecule has 1 N–H and O–H groups in total. The highest BCUT2D eigenvalue weighted by atomic mass is 16.5. The van der Waals surface area contributed by atoms with E-state index in [9.17, 15) is 4.79 Å². The van der Waals surface area contributed by atoms with Crippen LogP contribution in [0.5, 0.6) is 5.75 Å². The first-order valence-corrected chi connectivity index (χ1v) is 5.65. The summed E-state index contributed by atoms with van der Waals surface area (Å²) in [6, 6.07) is 7.78. The van der Waals surface area contributed by atoms with Crippen LogP contribution in [0.1, 0.15) is 31.4 Å². The Labute approximate surface area is 95.8 Å². The van der Waals surface area contributed by atoms with Gasteiger partial charge in [-0.2, -0.15) is 0 Å². The summed E-state index contributed by atoms with van der Waals surface area (Å²) in [7, 11) is 1.65. The highest BCUT2D eigenvalue weighted by Crippen LogP contribution is 2.31. The molecular weight excluding hydrogens is 202 g/mol. The van der Waals surface area contributed by atoms with Crippen LogP contribution in [0.2, 0.25) is 0 Å². The lowest BCUT2D eigenvalue weighted by atomic mass is 10.1. The van der Waals surface area contributed by atoms with Gasteiger partial charge in [-0.25, -0.2) is 0 Å². The van der Waals surface area contributed by atoms with Crippen LogP contribution in [-0.2, 0) is 4.79 Å². The van der Waals surface area contributed by atoms with Crippen LogP contribution in [0.15, 0.2) is 24.3 Å². The average Bonchev–Trinajstić information content (AvgIpc) is 3.12. The maximum absolute atomic E-state index is 11.6. The molecule has 0 aromatic heterocycles. The average molecular weight is 219 g/mol. The van der Waals surface area contributed by atoms with Gasteiger partial charge in [0.25, 0.3) is 0 Å². The second-order valence-corrected chi connectivity index (χ2v) is 4.25. The van der Waals surface area contributed by atoms with E-state index in [0.717, 1.165) is 24.2 Å². The molecule has 1 aromatic carbocycles. The van der Waals surface area contributed by atoms with Crippen molar-refractivity contribution in [3.8, 4) is 5.75 Å². The standard InChI is InChI=1S/C13H17NO2/c1-9(14-13(15)10-7-8-10)11-5-3-4-6-12(11)16-2/h3-6,9-10H,7-8H2,1-2H3,(H,14,15)/t9-/m1/s1. The van der Waals surface area contributed by atoms with Crippen molar-refractivity contribution in [2.24, 2.45) is 5.92 Å². The molecule has 1 aliphatic rings. The lowest BCUT2D eigenvalue weighted by molar-refractivity contribution is -0.122. The normalized spacial score (nSPS) is 16.6. The van der Waals surface area contributed by atoms with Crippen LogP contribution in [0, 0.1) is 5.92 Å². The Kier molecular flexibility index (Phi) is 3.13. The van der Waals surface area contributed by atoms with Gasteiger partial charge in [-0.15, -0.1) is 0 Å². The van der Waals surface area contributed by atoms with Crippen LogP contribution < -0.4 is 10.1 Å². The van der Waals surface area contributed by atoms with Crippen molar-refractivity contribution in [2.45, 2.75) is 25.8 Å². The number of hydrogen-bond acceptors (Lipinski definition) is 2. The van der Waals surface area contributed by atoms with Crippen LogP contribution in [0.4, 0.5) is 0 Å². The Morgan fingerprint density at radius 2 is 2.12 bits per heavy atom. The Balaban J connectivity index is 2.06. The smallest absolute Gasteiger partial charge is 0.223 e. The van der Waals surface area contributed by atoms with Gasteiger partial charge in [0.05, 0.1) is 13.2 Å². The van der Waals surface area contributed by atoms with E-state index in [1.807, 2.05) is 31.2 Å². The Morgan fingerprint density at radius 3 is 2.75 bits per heavy atom. The summed E-state index contributed by atoms with van der Waals surface area (Å²) in [5.41, 5.74) is 1.03. The van der Waals surface area contributed by atoms with Gasteiger partial charge in [-0.1, -0.05) is 18.2 Å². The molecule has 0 saturated heterocycles. The van der Waals surface area contributed by atoms with E-state index in [1.54, 1.807) is 7.11 Å². The molecule has 0 spiro atoms. The second kappa shape index (κ2) is 4.56. The molecule has 86 valence electrons. The van der Waals surface area contributed by atoms with Gasteiger partial charge in [0.15, 0.2) is 0 Å². The van der Waals surface area contributed by atoms with Crippen LogP contribution in [0.3, 0.4) is 0 Å². The zero-order chi connectivity index (χ0) is 11.5. The van der Waals surface area contributed by atoms with E-state index in [-0.39, 0.29) is 17.9 Å². The zero-order valence-corrected chi connectivity index (χ0v) is 9.69. The molecule has 0 heterocycles. The molecule has 1 fully saturated rings. The summed E-state index contributed by atoms with van der Waals surface area (Å²) in [5.74, 6) is 1.24. The van der Waals surface area contributed by atoms with E-state index in [4.69, 9.17) is 4.74 Å². The molecular formula is C13H17NO2. The molecule has 0 bridgehead atoms. The lowest BCUT2D eigenvalue weighted by Crippen LogP contribution is -2.28. The van der Waals surface area contributed by atoms with Crippen molar-refractivity contribution in [1.82, 2.24) is 5.32 Å². The monoisotopic (exact) mass is 219 g/mol. The van der Waals surface area contributed by atoms with E-state index in [2.05, 4.69) is 5.32 Å². The summed E-state index contributed by atoms with van der Waals surface area (Å²) in [6.07, 6.45) is 2.06. The maximum Gasteiger partial charge on any atom is 0.223 e. The van der Waals surface area contributed by atoms with Gasteiger partial charge in [-0.3, -0.25) is 4.79 Å². The van der Waals surface area contributed by atoms with E-state index in [1.165, 1.54) is 0 Å². The first-order valence-electron chi connectivity index (χ1n) is 5.65. The molecule has 3 nitrogen and oxygen atoms in total. The maximum atomic E-state index is 11.6. The van der Waals surface area contributed by atoms with Gasteiger partial charge in [0.2, 0.25) is 5.91 Å². The molecule has 2 rings (SSSR count). The van der Waals surface area contributed by atoms with Crippen molar-refractivity contribution in [2.75, 3.05) is 7.11 Å². The number of carbonyl (C=O) groups is 1. The number of methoxy groups -OCH3 is 1. The number of benzene rings is 1. The van der Waals surface area contributed by atoms with Crippen LogP contribution >= 0.6 is 0 Å². The minimum Gasteiger partial charge on any atom is -0.496 e. The van der Waals surface area contributed by atoms with Crippen LogP contribution in [0.25, 0.3) is 0 Å². The molecule has 0 aliphatic heterocycles. The molecule has 1 atom stereocenters. The summed E-state index contributed by atoms with van der Waals surface area (Å²) in [5, 5.41) is 3.01. The molecule has 0 unspecified atom stereocenters. The summed E-state index contributed by atoms with van der Waals surface area (Å²) >= 11 is 0. The van der Waals surface area contributed by atoms with E-state index >= 15 is 0 Å². The summed E-state index contributed by atoms with van der Waals surface area (Å²) in [6.45, 7) is 1.98. The molecule has 3 heteroatoms. The second-order valence-electron chi connectivity index (χ2n) is 4.25. The van der Waals surface area contributed by atoms with Gasteiger partial charge < -0.3 is 10.1 Å².